The number of nitrogens with one attached hydrogen (secondary N) is 1. The fourth-order valence-electron chi connectivity index (χ4n) is 1.48. The van der Waals surface area contributed by atoms with E-state index in [0.29, 0.717) is 0 Å². The molecule has 1 N–H and O–H groups in total. The summed E-state index contributed by atoms with van der Waals surface area (Å²) in [5.41, 5.74) is -0.121. The molecular formula is C10H17Br2NOS. The second kappa shape index (κ2) is 6.50. The normalized spacial score (nSPS) is 21.7. The van der Waals surface area contributed by atoms with Crippen molar-refractivity contribution in [2.75, 3.05) is 22.2 Å². The molecule has 1 aliphatic heterocycles. The van der Waals surface area contributed by atoms with Gasteiger partial charge in [0.2, 0.25) is 5.91 Å². The van der Waals surface area contributed by atoms with Gasteiger partial charge in [-0.3, -0.25) is 4.79 Å². The van der Waals surface area contributed by atoms with E-state index in [2.05, 4.69) is 44.1 Å². The van der Waals surface area contributed by atoms with Crippen LogP contribution in [0.3, 0.4) is 0 Å². The lowest BCUT2D eigenvalue weighted by atomic mass is 9.99. The van der Waals surface area contributed by atoms with Crippen molar-refractivity contribution in [1.82, 2.24) is 5.32 Å². The average Bonchev–Trinajstić information content (AvgIpc) is 2.79. The monoisotopic (exact) mass is 357 g/mol. The van der Waals surface area contributed by atoms with Gasteiger partial charge in [-0.15, -0.1) is 0 Å². The zero-order valence-electron chi connectivity index (χ0n) is 8.89. The minimum atomic E-state index is -0.121. The van der Waals surface area contributed by atoms with Gasteiger partial charge >= 0.3 is 0 Å². The van der Waals surface area contributed by atoms with Crippen molar-refractivity contribution in [3.8, 4) is 0 Å². The Labute approximate surface area is 113 Å². The molecule has 0 aromatic rings. The van der Waals surface area contributed by atoms with E-state index < -0.39 is 0 Å². The average molecular weight is 359 g/mol. The third kappa shape index (κ3) is 3.63. The Kier molecular flexibility index (Phi) is 6.00. The number of thioether (sulfide) groups is 1. The van der Waals surface area contributed by atoms with Crippen molar-refractivity contribution in [2.24, 2.45) is 5.92 Å². The summed E-state index contributed by atoms with van der Waals surface area (Å²) in [6.07, 6.45) is 1.97. The lowest BCUT2D eigenvalue weighted by Gasteiger charge is -2.31. The number of hydrogen-bond donors (Lipinski definition) is 1. The van der Waals surface area contributed by atoms with Gasteiger partial charge < -0.3 is 5.32 Å². The molecule has 1 saturated heterocycles. The van der Waals surface area contributed by atoms with Crippen molar-refractivity contribution in [1.29, 1.82) is 0 Å². The quantitative estimate of drug-likeness (QED) is 0.765. The first-order valence-electron chi connectivity index (χ1n) is 5.19. The van der Waals surface area contributed by atoms with Crippen LogP contribution < -0.4 is 5.32 Å². The summed E-state index contributed by atoms with van der Waals surface area (Å²) < 4.78 is 0. The molecule has 1 aliphatic rings. The van der Waals surface area contributed by atoms with Gasteiger partial charge in [0.1, 0.15) is 0 Å². The van der Waals surface area contributed by atoms with E-state index in [4.69, 9.17) is 0 Å². The second-order valence-electron chi connectivity index (χ2n) is 3.95. The minimum Gasteiger partial charge on any atom is -0.349 e. The number of halogens is 2. The molecule has 0 radical (unpaired) electrons. The maximum atomic E-state index is 12.0. The molecule has 0 aromatic carbocycles. The van der Waals surface area contributed by atoms with Crippen LogP contribution in [0, 0.1) is 5.92 Å². The lowest BCUT2D eigenvalue weighted by Crippen LogP contribution is -2.52. The van der Waals surface area contributed by atoms with Crippen LogP contribution in [-0.4, -0.2) is 33.6 Å². The summed E-state index contributed by atoms with van der Waals surface area (Å²) in [4.78, 5) is 12.0. The maximum Gasteiger partial charge on any atom is 0.224 e. The van der Waals surface area contributed by atoms with E-state index in [0.717, 1.165) is 35.0 Å². The molecule has 1 atom stereocenters. The summed E-state index contributed by atoms with van der Waals surface area (Å²) in [6.45, 7) is 2.10. The molecule has 0 spiro atoms. The molecule has 1 unspecified atom stereocenters. The number of hydrogen-bond acceptors (Lipinski definition) is 2. The number of carbonyl (C=O) groups is 1. The van der Waals surface area contributed by atoms with Crippen molar-refractivity contribution < 1.29 is 4.79 Å². The third-order valence-electron chi connectivity index (χ3n) is 2.88. The fraction of sp³-hybridized carbons (Fsp3) is 0.900. The van der Waals surface area contributed by atoms with E-state index in [-0.39, 0.29) is 17.4 Å². The standard InChI is InChI=1S/C10H17Br2NOS/c1-2-10(6-11,7-12)13-9(14)8-3-4-15-5-8/h8H,2-7H2,1H3,(H,13,14). The van der Waals surface area contributed by atoms with Crippen LogP contribution in [0.25, 0.3) is 0 Å². The van der Waals surface area contributed by atoms with Crippen LogP contribution in [0.2, 0.25) is 0 Å². The topological polar surface area (TPSA) is 29.1 Å². The van der Waals surface area contributed by atoms with Crippen LogP contribution in [0.5, 0.6) is 0 Å². The predicted molar refractivity (Wildman–Crippen MR) is 74.2 cm³/mol. The van der Waals surface area contributed by atoms with Crippen molar-refractivity contribution >= 4 is 49.5 Å². The molecule has 1 heterocycles. The predicted octanol–water partition coefficient (Wildman–Crippen LogP) is 2.79. The molecule has 1 amide bonds. The Hall–Kier alpha value is 0.780. The largest absolute Gasteiger partial charge is 0.349 e. The second-order valence-corrected chi connectivity index (χ2v) is 6.22. The lowest BCUT2D eigenvalue weighted by molar-refractivity contribution is -0.125. The summed E-state index contributed by atoms with van der Waals surface area (Å²) in [6, 6.07) is 0. The minimum absolute atomic E-state index is 0.121. The first-order chi connectivity index (χ1) is 7.17. The van der Waals surface area contributed by atoms with Crippen molar-refractivity contribution in [3.63, 3.8) is 0 Å². The highest BCUT2D eigenvalue weighted by atomic mass is 79.9. The van der Waals surface area contributed by atoms with Gasteiger partial charge in [0, 0.05) is 22.3 Å². The highest BCUT2D eigenvalue weighted by Crippen LogP contribution is 2.25. The highest BCUT2D eigenvalue weighted by Gasteiger charge is 2.31. The van der Waals surface area contributed by atoms with E-state index in [1.165, 1.54) is 0 Å². The van der Waals surface area contributed by atoms with Gasteiger partial charge in [-0.05, 0) is 18.6 Å². The fourth-order valence-corrected chi connectivity index (χ4v) is 4.71. The SMILES string of the molecule is CCC(CBr)(CBr)NC(=O)C1CCSC1. The van der Waals surface area contributed by atoms with Crippen molar-refractivity contribution in [3.05, 3.63) is 0 Å². The van der Waals surface area contributed by atoms with Gasteiger partial charge in [-0.25, -0.2) is 0 Å². The van der Waals surface area contributed by atoms with Crippen LogP contribution >= 0.6 is 43.6 Å². The van der Waals surface area contributed by atoms with Crippen LogP contribution in [0.4, 0.5) is 0 Å². The summed E-state index contributed by atoms with van der Waals surface area (Å²) >= 11 is 8.84. The Balaban J connectivity index is 2.53. The molecule has 0 aliphatic carbocycles. The van der Waals surface area contributed by atoms with Gasteiger partial charge in [0.15, 0.2) is 0 Å². The van der Waals surface area contributed by atoms with Crippen LogP contribution in [0.1, 0.15) is 19.8 Å². The molecule has 1 rings (SSSR count). The van der Waals surface area contributed by atoms with Gasteiger partial charge in [0.25, 0.3) is 0 Å². The summed E-state index contributed by atoms with van der Waals surface area (Å²) in [7, 11) is 0. The summed E-state index contributed by atoms with van der Waals surface area (Å²) in [5.74, 6) is 2.55. The molecule has 15 heavy (non-hydrogen) atoms. The van der Waals surface area contributed by atoms with Crippen LogP contribution in [-0.2, 0) is 4.79 Å². The number of amides is 1. The maximum absolute atomic E-state index is 12.0. The zero-order chi connectivity index (χ0) is 11.3. The number of carbonyl (C=O) groups excluding carboxylic acids is 1. The first kappa shape index (κ1) is 13.8. The molecule has 0 aromatic heterocycles. The van der Waals surface area contributed by atoms with E-state index in [1.807, 2.05) is 11.8 Å². The molecular weight excluding hydrogens is 342 g/mol. The van der Waals surface area contributed by atoms with Crippen LogP contribution in [0.15, 0.2) is 0 Å². The smallest absolute Gasteiger partial charge is 0.224 e. The molecule has 5 heteroatoms. The number of alkyl halides is 2. The van der Waals surface area contributed by atoms with E-state index >= 15 is 0 Å². The van der Waals surface area contributed by atoms with Gasteiger partial charge in [-0.1, -0.05) is 38.8 Å². The Morgan fingerprint density at radius 2 is 2.20 bits per heavy atom. The molecule has 0 bridgehead atoms. The third-order valence-corrected chi connectivity index (χ3v) is 6.19. The molecule has 88 valence electrons. The zero-order valence-corrected chi connectivity index (χ0v) is 12.9. The Bertz CT molecular complexity index is 207. The van der Waals surface area contributed by atoms with E-state index in [9.17, 15) is 4.79 Å². The Morgan fingerprint density at radius 1 is 1.53 bits per heavy atom. The van der Waals surface area contributed by atoms with Crippen molar-refractivity contribution in [2.45, 2.75) is 25.3 Å². The van der Waals surface area contributed by atoms with E-state index in [1.54, 1.807) is 0 Å². The highest BCUT2D eigenvalue weighted by molar-refractivity contribution is 9.09. The Morgan fingerprint density at radius 3 is 2.60 bits per heavy atom. The number of rotatable bonds is 5. The first-order valence-corrected chi connectivity index (χ1v) is 8.59. The van der Waals surface area contributed by atoms with Gasteiger partial charge in [-0.2, -0.15) is 11.8 Å². The molecule has 2 nitrogen and oxygen atoms in total. The molecule has 1 fully saturated rings. The summed E-state index contributed by atoms with van der Waals surface area (Å²) in [5, 5.41) is 4.77. The van der Waals surface area contributed by atoms with Gasteiger partial charge in [0.05, 0.1) is 5.54 Å². The molecule has 0 saturated carbocycles.